The van der Waals surface area contributed by atoms with Gasteiger partial charge in [0.25, 0.3) is 0 Å². The van der Waals surface area contributed by atoms with Gasteiger partial charge in [0.1, 0.15) is 5.01 Å². The van der Waals surface area contributed by atoms with Crippen molar-refractivity contribution >= 4 is 34.9 Å². The van der Waals surface area contributed by atoms with Gasteiger partial charge in [0.05, 0.1) is 10.9 Å². The first kappa shape index (κ1) is 13.7. The zero-order valence-corrected chi connectivity index (χ0v) is 13.1. The van der Waals surface area contributed by atoms with E-state index in [1.54, 1.807) is 0 Å². The summed E-state index contributed by atoms with van der Waals surface area (Å²) in [5.41, 5.74) is 1.29. The minimum Gasteiger partial charge on any atom is -0.315 e. The van der Waals surface area contributed by atoms with E-state index in [9.17, 15) is 0 Å². The SMILES string of the molecule is CCc1nc(C2SCCSC2C)sc1CNC. The monoisotopic (exact) mass is 288 g/mol. The van der Waals surface area contributed by atoms with Crippen LogP contribution in [0.25, 0.3) is 0 Å². The summed E-state index contributed by atoms with van der Waals surface area (Å²) in [6.07, 6.45) is 1.05. The van der Waals surface area contributed by atoms with Gasteiger partial charge in [0, 0.05) is 28.2 Å². The number of hydrogen-bond donors (Lipinski definition) is 1. The molecule has 0 radical (unpaired) electrons. The summed E-state index contributed by atoms with van der Waals surface area (Å²) in [5.74, 6) is 2.56. The molecule has 5 heteroatoms. The molecule has 2 atom stereocenters. The van der Waals surface area contributed by atoms with E-state index >= 15 is 0 Å². The first-order valence-corrected chi connectivity index (χ1v) is 9.04. The zero-order valence-electron chi connectivity index (χ0n) is 10.7. The summed E-state index contributed by atoms with van der Waals surface area (Å²) < 4.78 is 0. The Morgan fingerprint density at radius 1 is 1.35 bits per heavy atom. The number of aromatic nitrogens is 1. The third kappa shape index (κ3) is 3.19. The van der Waals surface area contributed by atoms with Gasteiger partial charge in [-0.15, -0.1) is 23.1 Å². The number of aryl methyl sites for hydroxylation is 1. The van der Waals surface area contributed by atoms with E-state index in [1.807, 2.05) is 18.4 Å². The highest BCUT2D eigenvalue weighted by Crippen LogP contribution is 2.44. The van der Waals surface area contributed by atoms with Crippen LogP contribution in [-0.2, 0) is 13.0 Å². The van der Waals surface area contributed by atoms with Gasteiger partial charge in [0.2, 0.25) is 0 Å². The molecular formula is C12H20N2S3. The molecule has 0 spiro atoms. The van der Waals surface area contributed by atoms with Crippen molar-refractivity contribution in [1.82, 2.24) is 10.3 Å². The van der Waals surface area contributed by atoms with Crippen molar-refractivity contribution in [3.8, 4) is 0 Å². The molecule has 1 fully saturated rings. The molecular weight excluding hydrogens is 268 g/mol. The Bertz CT molecular complexity index is 365. The van der Waals surface area contributed by atoms with Crippen LogP contribution in [0.4, 0.5) is 0 Å². The van der Waals surface area contributed by atoms with Crippen molar-refractivity contribution in [2.75, 3.05) is 18.6 Å². The average molecular weight is 289 g/mol. The maximum Gasteiger partial charge on any atom is 0.107 e. The molecule has 1 aliphatic heterocycles. The normalized spacial score (nSPS) is 25.1. The predicted molar refractivity (Wildman–Crippen MR) is 81.4 cm³/mol. The number of rotatable bonds is 4. The van der Waals surface area contributed by atoms with E-state index in [4.69, 9.17) is 4.98 Å². The Balaban J connectivity index is 2.19. The minimum atomic E-state index is 0.606. The van der Waals surface area contributed by atoms with Crippen LogP contribution in [0.1, 0.15) is 34.7 Å². The standard InChI is InChI=1S/C12H20N2S3/c1-4-9-10(7-13-3)17-12(14-9)11-8(2)15-5-6-16-11/h8,11,13H,4-7H2,1-3H3. The second kappa shape index (κ2) is 6.45. The van der Waals surface area contributed by atoms with Gasteiger partial charge in [0.15, 0.2) is 0 Å². The Kier molecular flexibility index (Phi) is 5.21. The predicted octanol–water partition coefficient (Wildman–Crippen LogP) is 3.33. The summed E-state index contributed by atoms with van der Waals surface area (Å²) >= 11 is 6.08. The lowest BCUT2D eigenvalue weighted by Crippen LogP contribution is -2.15. The molecule has 1 saturated heterocycles. The van der Waals surface area contributed by atoms with Gasteiger partial charge in [-0.1, -0.05) is 13.8 Å². The summed E-state index contributed by atoms with van der Waals surface area (Å²) in [4.78, 5) is 6.29. The van der Waals surface area contributed by atoms with Crippen molar-refractivity contribution in [2.24, 2.45) is 0 Å². The average Bonchev–Trinajstić information content (AvgIpc) is 2.73. The van der Waals surface area contributed by atoms with Gasteiger partial charge < -0.3 is 5.32 Å². The highest BCUT2D eigenvalue weighted by atomic mass is 32.2. The lowest BCUT2D eigenvalue weighted by Gasteiger charge is -2.25. The van der Waals surface area contributed by atoms with Crippen molar-refractivity contribution < 1.29 is 0 Å². The smallest absolute Gasteiger partial charge is 0.107 e. The number of nitrogens with zero attached hydrogens (tertiary/aromatic N) is 1. The van der Waals surface area contributed by atoms with Crippen LogP contribution in [0.3, 0.4) is 0 Å². The third-order valence-electron chi connectivity index (χ3n) is 2.90. The van der Waals surface area contributed by atoms with Crippen molar-refractivity contribution in [2.45, 2.75) is 37.3 Å². The molecule has 0 amide bonds. The Labute approximate surface area is 116 Å². The van der Waals surface area contributed by atoms with E-state index in [0.29, 0.717) is 10.5 Å². The minimum absolute atomic E-state index is 0.606. The summed E-state index contributed by atoms with van der Waals surface area (Å²) in [6.45, 7) is 5.50. The maximum atomic E-state index is 4.87. The number of nitrogens with one attached hydrogen (secondary N) is 1. The van der Waals surface area contributed by atoms with Crippen LogP contribution in [0.2, 0.25) is 0 Å². The van der Waals surface area contributed by atoms with Crippen LogP contribution >= 0.6 is 34.9 Å². The molecule has 2 heterocycles. The molecule has 17 heavy (non-hydrogen) atoms. The fraction of sp³-hybridized carbons (Fsp3) is 0.750. The van der Waals surface area contributed by atoms with Crippen molar-refractivity contribution in [1.29, 1.82) is 0 Å². The van der Waals surface area contributed by atoms with E-state index in [-0.39, 0.29) is 0 Å². The first-order valence-electron chi connectivity index (χ1n) is 6.12. The van der Waals surface area contributed by atoms with Gasteiger partial charge in [-0.2, -0.15) is 11.8 Å². The number of thiazole rings is 1. The molecule has 0 aromatic carbocycles. The van der Waals surface area contributed by atoms with Crippen LogP contribution in [0.5, 0.6) is 0 Å². The fourth-order valence-corrected chi connectivity index (χ4v) is 6.33. The molecule has 1 aromatic heterocycles. The molecule has 0 aliphatic carbocycles. The topological polar surface area (TPSA) is 24.9 Å². The largest absolute Gasteiger partial charge is 0.315 e. The molecule has 2 rings (SSSR count). The van der Waals surface area contributed by atoms with Crippen LogP contribution in [-0.4, -0.2) is 28.8 Å². The maximum absolute atomic E-state index is 4.87. The second-order valence-electron chi connectivity index (χ2n) is 4.17. The third-order valence-corrected chi connectivity index (χ3v) is 7.33. The molecule has 1 aliphatic rings. The summed E-state index contributed by atoms with van der Waals surface area (Å²) in [5, 5.41) is 5.90. The fourth-order valence-electron chi connectivity index (χ4n) is 2.00. The lowest BCUT2D eigenvalue weighted by atomic mass is 10.3. The van der Waals surface area contributed by atoms with Gasteiger partial charge in [-0.3, -0.25) is 0 Å². The van der Waals surface area contributed by atoms with Crippen LogP contribution in [0.15, 0.2) is 0 Å². The van der Waals surface area contributed by atoms with Crippen LogP contribution < -0.4 is 5.32 Å². The zero-order chi connectivity index (χ0) is 12.3. The Morgan fingerprint density at radius 2 is 2.12 bits per heavy atom. The molecule has 2 unspecified atom stereocenters. The van der Waals surface area contributed by atoms with E-state index in [2.05, 4.69) is 42.7 Å². The van der Waals surface area contributed by atoms with E-state index < -0.39 is 0 Å². The Hall–Kier alpha value is 0.290. The van der Waals surface area contributed by atoms with Gasteiger partial charge in [-0.25, -0.2) is 4.98 Å². The van der Waals surface area contributed by atoms with Gasteiger partial charge in [-0.05, 0) is 13.5 Å². The summed E-state index contributed by atoms with van der Waals surface area (Å²) in [7, 11) is 2.01. The summed E-state index contributed by atoms with van der Waals surface area (Å²) in [6, 6.07) is 0. The molecule has 0 saturated carbocycles. The molecule has 1 N–H and O–H groups in total. The van der Waals surface area contributed by atoms with Crippen LogP contribution in [0, 0.1) is 0 Å². The Morgan fingerprint density at radius 3 is 2.76 bits per heavy atom. The first-order chi connectivity index (χ1) is 8.26. The molecule has 1 aromatic rings. The van der Waals surface area contributed by atoms with E-state index in [0.717, 1.165) is 13.0 Å². The second-order valence-corrected chi connectivity index (χ2v) is 8.02. The molecule has 96 valence electrons. The van der Waals surface area contributed by atoms with E-state index in [1.165, 1.54) is 27.1 Å². The highest BCUT2D eigenvalue weighted by molar-refractivity contribution is 8.06. The highest BCUT2D eigenvalue weighted by Gasteiger charge is 2.27. The van der Waals surface area contributed by atoms with Crippen molar-refractivity contribution in [3.05, 3.63) is 15.6 Å². The van der Waals surface area contributed by atoms with Crippen molar-refractivity contribution in [3.63, 3.8) is 0 Å². The van der Waals surface area contributed by atoms with Gasteiger partial charge >= 0.3 is 0 Å². The quantitative estimate of drug-likeness (QED) is 0.918. The lowest BCUT2D eigenvalue weighted by molar-refractivity contribution is 0.811. The number of thioether (sulfide) groups is 2. The molecule has 2 nitrogen and oxygen atoms in total. The molecule has 0 bridgehead atoms. The number of hydrogen-bond acceptors (Lipinski definition) is 5.